The Morgan fingerprint density at radius 2 is 1.74 bits per heavy atom. The number of benzene rings is 2. The van der Waals surface area contributed by atoms with Crippen LogP contribution in [0, 0.1) is 16.0 Å². The van der Waals surface area contributed by atoms with E-state index in [9.17, 15) is 14.9 Å². The summed E-state index contributed by atoms with van der Waals surface area (Å²) in [4.78, 5) is 28.9. The highest BCUT2D eigenvalue weighted by molar-refractivity contribution is 5.58. The molecule has 0 aliphatic heterocycles. The molecule has 1 fully saturated rings. The summed E-state index contributed by atoms with van der Waals surface area (Å²) in [5, 5.41) is 14.5. The van der Waals surface area contributed by atoms with Crippen molar-refractivity contribution in [3.63, 3.8) is 0 Å². The Kier molecular flexibility index (Phi) is 7.54. The third-order valence-corrected chi connectivity index (χ3v) is 5.96. The monoisotopic (exact) mass is 477 g/mol. The van der Waals surface area contributed by atoms with Crippen LogP contribution < -0.4 is 16.6 Å². The quantitative estimate of drug-likeness (QED) is 0.229. The molecule has 0 spiro atoms. The summed E-state index contributed by atoms with van der Waals surface area (Å²) in [6.07, 6.45) is 0.214. The minimum absolute atomic E-state index is 0.168. The number of ether oxygens (including phenoxy) is 2. The smallest absolute Gasteiger partial charge is 0.375 e. The van der Waals surface area contributed by atoms with Gasteiger partial charge in [-0.3, -0.25) is 19.9 Å². The number of nitro groups is 1. The number of H-pyrrole nitrogens is 1. The van der Waals surface area contributed by atoms with Crippen LogP contribution in [0.5, 0.6) is 0 Å². The molecule has 10 nitrogen and oxygen atoms in total. The summed E-state index contributed by atoms with van der Waals surface area (Å²) in [7, 11) is 0. The van der Waals surface area contributed by atoms with Crippen molar-refractivity contribution in [3.8, 4) is 0 Å². The van der Waals surface area contributed by atoms with E-state index < -0.39 is 22.2 Å². The molecular formula is C25H27N5O5. The zero-order valence-corrected chi connectivity index (χ0v) is 19.1. The SMILES string of the molecule is C=C1[C@@H](Nc2nc(N)[nH]c(=O)c2[N+](=O)[O-])C[C@H](OCc2ccccc2)[C@H]1COCc1ccccc1. The first kappa shape index (κ1) is 24.1. The number of hydrogen-bond donors (Lipinski definition) is 3. The Morgan fingerprint density at radius 3 is 2.37 bits per heavy atom. The van der Waals surface area contributed by atoms with E-state index in [2.05, 4.69) is 21.9 Å². The lowest BCUT2D eigenvalue weighted by Crippen LogP contribution is -2.24. The molecule has 2 aromatic carbocycles. The lowest BCUT2D eigenvalue weighted by atomic mass is 10.0. The number of aromatic nitrogens is 2. The van der Waals surface area contributed by atoms with Gasteiger partial charge in [0.2, 0.25) is 11.8 Å². The predicted molar refractivity (Wildman–Crippen MR) is 132 cm³/mol. The fourth-order valence-corrected chi connectivity index (χ4v) is 4.17. The first-order valence-corrected chi connectivity index (χ1v) is 11.2. The van der Waals surface area contributed by atoms with E-state index in [-0.39, 0.29) is 23.8 Å². The van der Waals surface area contributed by atoms with Gasteiger partial charge in [0.25, 0.3) is 0 Å². The van der Waals surface area contributed by atoms with Crippen LogP contribution in [0.4, 0.5) is 17.5 Å². The van der Waals surface area contributed by atoms with Gasteiger partial charge in [0.05, 0.1) is 36.9 Å². The maximum absolute atomic E-state index is 12.1. The zero-order chi connectivity index (χ0) is 24.8. The topological polar surface area (TPSA) is 145 Å². The van der Waals surface area contributed by atoms with Crippen LogP contribution in [0.3, 0.4) is 0 Å². The molecule has 0 amide bonds. The van der Waals surface area contributed by atoms with E-state index in [0.29, 0.717) is 26.2 Å². The minimum atomic E-state index is -0.923. The second-order valence-electron chi connectivity index (χ2n) is 8.36. The molecule has 35 heavy (non-hydrogen) atoms. The van der Waals surface area contributed by atoms with Crippen LogP contribution in [-0.4, -0.2) is 33.6 Å². The summed E-state index contributed by atoms with van der Waals surface area (Å²) in [6.45, 7) is 5.42. The van der Waals surface area contributed by atoms with Gasteiger partial charge in [0, 0.05) is 5.92 Å². The molecule has 0 unspecified atom stereocenters. The van der Waals surface area contributed by atoms with Crippen molar-refractivity contribution in [1.82, 2.24) is 9.97 Å². The maximum atomic E-state index is 12.1. The molecule has 1 heterocycles. The number of aromatic amines is 1. The van der Waals surface area contributed by atoms with Gasteiger partial charge >= 0.3 is 11.2 Å². The summed E-state index contributed by atoms with van der Waals surface area (Å²) < 4.78 is 12.2. The molecule has 4 rings (SSSR count). The molecule has 0 bridgehead atoms. The molecule has 1 saturated carbocycles. The van der Waals surface area contributed by atoms with E-state index in [0.717, 1.165) is 16.7 Å². The van der Waals surface area contributed by atoms with Crippen molar-refractivity contribution >= 4 is 17.5 Å². The molecule has 4 N–H and O–H groups in total. The summed E-state index contributed by atoms with van der Waals surface area (Å²) >= 11 is 0. The minimum Gasteiger partial charge on any atom is -0.376 e. The van der Waals surface area contributed by atoms with E-state index in [1.807, 2.05) is 60.7 Å². The van der Waals surface area contributed by atoms with E-state index >= 15 is 0 Å². The number of nitrogens with one attached hydrogen (secondary N) is 2. The van der Waals surface area contributed by atoms with Gasteiger partial charge in [-0.2, -0.15) is 4.98 Å². The van der Waals surface area contributed by atoms with E-state index in [4.69, 9.17) is 15.2 Å². The fourth-order valence-electron chi connectivity index (χ4n) is 4.17. The molecule has 1 aliphatic carbocycles. The van der Waals surface area contributed by atoms with Gasteiger partial charge in [-0.1, -0.05) is 67.2 Å². The molecule has 3 atom stereocenters. The van der Waals surface area contributed by atoms with Crippen molar-refractivity contribution in [2.45, 2.75) is 31.8 Å². The van der Waals surface area contributed by atoms with Crippen LogP contribution >= 0.6 is 0 Å². The third-order valence-electron chi connectivity index (χ3n) is 5.96. The number of rotatable bonds is 10. The Hall–Kier alpha value is -4.02. The van der Waals surface area contributed by atoms with Crippen LogP contribution in [0.2, 0.25) is 0 Å². The lowest BCUT2D eigenvalue weighted by Gasteiger charge is -2.21. The summed E-state index contributed by atoms with van der Waals surface area (Å²) in [5.74, 6) is -0.584. The molecule has 0 saturated heterocycles. The van der Waals surface area contributed by atoms with E-state index in [1.54, 1.807) is 0 Å². The van der Waals surface area contributed by atoms with Crippen molar-refractivity contribution in [2.24, 2.45) is 5.92 Å². The molecule has 1 aromatic heterocycles. The van der Waals surface area contributed by atoms with Crippen LogP contribution in [0.1, 0.15) is 17.5 Å². The second kappa shape index (κ2) is 10.9. The number of anilines is 2. The Bertz CT molecular complexity index is 1230. The summed E-state index contributed by atoms with van der Waals surface area (Å²) in [5.41, 5.74) is 6.84. The Labute approximate surface area is 202 Å². The van der Waals surface area contributed by atoms with Crippen molar-refractivity contribution < 1.29 is 14.4 Å². The van der Waals surface area contributed by atoms with Gasteiger partial charge in [-0.25, -0.2) is 0 Å². The molecule has 3 aromatic rings. The Morgan fingerprint density at radius 1 is 1.11 bits per heavy atom. The van der Waals surface area contributed by atoms with E-state index in [1.165, 1.54) is 0 Å². The predicted octanol–water partition coefficient (Wildman–Crippen LogP) is 3.42. The van der Waals surface area contributed by atoms with Crippen molar-refractivity contribution in [1.29, 1.82) is 0 Å². The first-order chi connectivity index (χ1) is 16.9. The number of nitrogens with two attached hydrogens (primary N) is 1. The van der Waals surface area contributed by atoms with Gasteiger partial charge in [-0.15, -0.1) is 0 Å². The first-order valence-electron chi connectivity index (χ1n) is 11.2. The molecule has 182 valence electrons. The highest BCUT2D eigenvalue weighted by Gasteiger charge is 2.40. The molecule has 0 radical (unpaired) electrons. The third kappa shape index (κ3) is 5.92. The zero-order valence-electron chi connectivity index (χ0n) is 19.1. The highest BCUT2D eigenvalue weighted by Crippen LogP contribution is 2.36. The van der Waals surface area contributed by atoms with Crippen LogP contribution in [0.25, 0.3) is 0 Å². The van der Waals surface area contributed by atoms with Crippen LogP contribution in [-0.2, 0) is 22.7 Å². The molecular weight excluding hydrogens is 450 g/mol. The number of nitrogens with zero attached hydrogens (tertiary/aromatic N) is 2. The number of hydrogen-bond acceptors (Lipinski definition) is 8. The van der Waals surface area contributed by atoms with Crippen molar-refractivity contribution in [3.05, 3.63) is 104 Å². The maximum Gasteiger partial charge on any atom is 0.375 e. The number of nitrogen functional groups attached to an aromatic ring is 1. The molecule has 1 aliphatic rings. The standard InChI is InChI=1S/C25H27N5O5/c1-16-19(15-34-13-17-8-4-2-5-9-17)21(35-14-18-10-6-3-7-11-18)12-20(16)27-23-22(30(32)33)24(31)29-25(26)28-23/h2-11,19-21H,1,12-15H2,(H4,26,27,28,29,31)/t19-,20-,21-/m0/s1. The average Bonchev–Trinajstić information content (AvgIpc) is 3.12. The van der Waals surface area contributed by atoms with Crippen molar-refractivity contribution in [2.75, 3.05) is 17.7 Å². The summed E-state index contributed by atoms with van der Waals surface area (Å²) in [6, 6.07) is 19.2. The van der Waals surface area contributed by atoms with Gasteiger partial charge in [-0.05, 0) is 23.1 Å². The largest absolute Gasteiger partial charge is 0.376 e. The average molecular weight is 478 g/mol. The van der Waals surface area contributed by atoms with Crippen LogP contribution in [0.15, 0.2) is 77.6 Å². The normalized spacial score (nSPS) is 19.5. The highest BCUT2D eigenvalue weighted by atomic mass is 16.6. The lowest BCUT2D eigenvalue weighted by molar-refractivity contribution is -0.385. The van der Waals surface area contributed by atoms with Gasteiger partial charge < -0.3 is 20.5 Å². The Balaban J connectivity index is 1.51. The van der Waals surface area contributed by atoms with Gasteiger partial charge in [0.1, 0.15) is 0 Å². The second-order valence-corrected chi connectivity index (χ2v) is 8.36. The molecule has 10 heteroatoms. The van der Waals surface area contributed by atoms with Gasteiger partial charge in [0.15, 0.2) is 0 Å². The fraction of sp³-hybridized carbons (Fsp3) is 0.280.